The van der Waals surface area contributed by atoms with Crippen molar-refractivity contribution in [2.24, 2.45) is 0 Å². The molecule has 10 heteroatoms. The minimum absolute atomic E-state index is 0.116. The highest BCUT2D eigenvalue weighted by molar-refractivity contribution is 9.10. The fraction of sp³-hybridized carbons (Fsp3) is 0.0455. The molecule has 5 nitrogen and oxygen atoms in total. The zero-order valence-corrected chi connectivity index (χ0v) is 18.3. The summed E-state index contributed by atoms with van der Waals surface area (Å²) in [6.07, 6.45) is -3.38. The predicted octanol–water partition coefficient (Wildman–Crippen LogP) is 5.56. The molecule has 0 unspecified atom stereocenters. The van der Waals surface area contributed by atoms with E-state index in [1.807, 2.05) is 24.3 Å². The summed E-state index contributed by atoms with van der Waals surface area (Å²) in [5.41, 5.74) is -0.617. The second-order valence-electron chi connectivity index (χ2n) is 6.72. The molecule has 32 heavy (non-hydrogen) atoms. The van der Waals surface area contributed by atoms with Crippen LogP contribution in [-0.4, -0.2) is 16.9 Å². The Balaban J connectivity index is 1.68. The largest absolute Gasteiger partial charge is 0.457 e. The van der Waals surface area contributed by atoms with Gasteiger partial charge < -0.3 is 4.42 Å². The first-order chi connectivity index (χ1) is 15.1. The number of hydrogen-bond donors (Lipinski definition) is 1. The van der Waals surface area contributed by atoms with E-state index in [4.69, 9.17) is 16.6 Å². The molecule has 0 bridgehead atoms. The van der Waals surface area contributed by atoms with Crippen LogP contribution in [-0.2, 0) is 15.8 Å². The van der Waals surface area contributed by atoms with Crippen LogP contribution in [0.3, 0.4) is 0 Å². The number of amides is 2. The Labute approximate surface area is 193 Å². The van der Waals surface area contributed by atoms with Crippen LogP contribution in [0.4, 0.5) is 18.9 Å². The fourth-order valence-electron chi connectivity index (χ4n) is 3.08. The lowest BCUT2D eigenvalue weighted by molar-refractivity contribution is -0.137. The van der Waals surface area contributed by atoms with Gasteiger partial charge in [-0.05, 0) is 60.8 Å². The van der Waals surface area contributed by atoms with Crippen molar-refractivity contribution in [3.8, 4) is 11.3 Å². The maximum absolute atomic E-state index is 13.1. The number of carbonyl (C=O) groups is 2. The molecule has 3 aromatic rings. The second kappa shape index (κ2) is 8.36. The molecule has 2 amide bonds. The van der Waals surface area contributed by atoms with Gasteiger partial charge in [0, 0.05) is 10.0 Å². The Bertz CT molecular complexity index is 1280. The Kier molecular flexibility index (Phi) is 5.74. The van der Waals surface area contributed by atoms with E-state index in [9.17, 15) is 22.8 Å². The number of halogens is 4. The number of thiocarbonyl (C=S) groups is 1. The molecule has 0 radical (unpaired) electrons. The summed E-state index contributed by atoms with van der Waals surface area (Å²) >= 11 is 8.41. The Morgan fingerprint density at radius 2 is 1.78 bits per heavy atom. The van der Waals surface area contributed by atoms with E-state index >= 15 is 0 Å². The van der Waals surface area contributed by atoms with Gasteiger partial charge >= 0.3 is 6.18 Å². The van der Waals surface area contributed by atoms with E-state index in [0.29, 0.717) is 5.76 Å². The molecule has 0 spiro atoms. The van der Waals surface area contributed by atoms with Gasteiger partial charge in [-0.2, -0.15) is 13.2 Å². The highest BCUT2D eigenvalue weighted by Gasteiger charge is 2.36. The van der Waals surface area contributed by atoms with Crippen molar-refractivity contribution in [2.45, 2.75) is 6.18 Å². The minimum Gasteiger partial charge on any atom is -0.457 e. The average Bonchev–Trinajstić information content (AvgIpc) is 3.19. The lowest BCUT2D eigenvalue weighted by atomic mass is 10.1. The van der Waals surface area contributed by atoms with Crippen LogP contribution < -0.4 is 10.2 Å². The van der Waals surface area contributed by atoms with E-state index in [-0.39, 0.29) is 22.1 Å². The van der Waals surface area contributed by atoms with Gasteiger partial charge in [0.1, 0.15) is 17.1 Å². The molecule has 0 atom stereocenters. The van der Waals surface area contributed by atoms with Gasteiger partial charge in [-0.1, -0.05) is 34.1 Å². The first-order valence-corrected chi connectivity index (χ1v) is 10.3. The molecular formula is C22H12BrF3N2O3S. The van der Waals surface area contributed by atoms with Crippen LogP contribution in [0.15, 0.2) is 75.1 Å². The van der Waals surface area contributed by atoms with E-state index < -0.39 is 23.6 Å². The molecule has 2 heterocycles. The SMILES string of the molecule is O=C1NC(=S)N(c2cccc(C(F)(F)F)c2)C(=O)/C1=C/c1ccc(-c2cccc(Br)c2)o1. The van der Waals surface area contributed by atoms with E-state index in [0.717, 1.165) is 33.1 Å². The molecule has 2 aromatic carbocycles. The van der Waals surface area contributed by atoms with Gasteiger partial charge in [0.25, 0.3) is 11.8 Å². The third kappa shape index (κ3) is 4.37. The average molecular weight is 521 g/mol. The number of benzene rings is 2. The number of carbonyl (C=O) groups excluding carboxylic acids is 2. The van der Waals surface area contributed by atoms with Crippen molar-refractivity contribution in [3.63, 3.8) is 0 Å². The normalized spacial score (nSPS) is 15.9. The second-order valence-corrected chi connectivity index (χ2v) is 8.02. The topological polar surface area (TPSA) is 62.6 Å². The van der Waals surface area contributed by atoms with E-state index in [2.05, 4.69) is 21.2 Å². The summed E-state index contributed by atoms with van der Waals surface area (Å²) in [5, 5.41) is 2.02. The molecule has 1 saturated heterocycles. The molecule has 1 aromatic heterocycles. The minimum atomic E-state index is -4.60. The van der Waals surface area contributed by atoms with Gasteiger partial charge in [0.15, 0.2) is 5.11 Å². The summed E-state index contributed by atoms with van der Waals surface area (Å²) in [4.78, 5) is 26.3. The van der Waals surface area contributed by atoms with Crippen molar-refractivity contribution >= 4 is 56.8 Å². The molecule has 1 N–H and O–H groups in total. The highest BCUT2D eigenvalue weighted by atomic mass is 79.9. The number of alkyl halides is 3. The van der Waals surface area contributed by atoms with Crippen molar-refractivity contribution in [3.05, 3.63) is 82.0 Å². The molecule has 1 fully saturated rings. The van der Waals surface area contributed by atoms with Crippen LogP contribution in [0.5, 0.6) is 0 Å². The predicted molar refractivity (Wildman–Crippen MR) is 119 cm³/mol. The maximum atomic E-state index is 13.1. The van der Waals surface area contributed by atoms with Crippen LogP contribution in [0.1, 0.15) is 11.3 Å². The standard InChI is InChI=1S/C22H12BrF3N2O3S/c23-14-5-1-3-12(9-14)18-8-7-16(31-18)11-17-19(29)27-21(32)28(20(17)30)15-6-2-4-13(10-15)22(24,25)26/h1-11H,(H,27,29,32)/b17-11+. The van der Waals surface area contributed by atoms with E-state index in [1.54, 1.807) is 12.1 Å². The number of hydrogen-bond acceptors (Lipinski definition) is 4. The Hall–Kier alpha value is -3.24. The lowest BCUT2D eigenvalue weighted by Gasteiger charge is -2.29. The molecule has 1 aliphatic heterocycles. The zero-order valence-electron chi connectivity index (χ0n) is 15.9. The van der Waals surface area contributed by atoms with Crippen molar-refractivity contribution < 1.29 is 27.2 Å². The molecule has 0 saturated carbocycles. The van der Waals surface area contributed by atoms with Crippen molar-refractivity contribution in [2.75, 3.05) is 4.90 Å². The molecule has 162 valence electrons. The quantitative estimate of drug-likeness (QED) is 0.279. The lowest BCUT2D eigenvalue weighted by Crippen LogP contribution is -2.54. The van der Waals surface area contributed by atoms with Gasteiger partial charge in [-0.15, -0.1) is 0 Å². The molecule has 4 rings (SSSR count). The van der Waals surface area contributed by atoms with Crippen LogP contribution >= 0.6 is 28.1 Å². The zero-order chi connectivity index (χ0) is 23.0. The van der Waals surface area contributed by atoms with Gasteiger partial charge in [-0.25, -0.2) is 0 Å². The van der Waals surface area contributed by atoms with Crippen LogP contribution in [0.2, 0.25) is 0 Å². The number of anilines is 1. The summed E-state index contributed by atoms with van der Waals surface area (Å²) in [7, 11) is 0. The van der Waals surface area contributed by atoms with Crippen LogP contribution in [0.25, 0.3) is 17.4 Å². The van der Waals surface area contributed by atoms with Gasteiger partial charge in [0.2, 0.25) is 0 Å². The Morgan fingerprint density at radius 3 is 2.50 bits per heavy atom. The number of furan rings is 1. The van der Waals surface area contributed by atoms with Crippen molar-refractivity contribution in [1.82, 2.24) is 5.32 Å². The highest BCUT2D eigenvalue weighted by Crippen LogP contribution is 2.33. The van der Waals surface area contributed by atoms with E-state index in [1.165, 1.54) is 12.1 Å². The van der Waals surface area contributed by atoms with Gasteiger partial charge in [0.05, 0.1) is 11.3 Å². The summed E-state index contributed by atoms with van der Waals surface area (Å²) in [5.74, 6) is -0.913. The smallest absolute Gasteiger partial charge is 0.416 e. The van der Waals surface area contributed by atoms with Crippen molar-refractivity contribution in [1.29, 1.82) is 0 Å². The molecular weight excluding hydrogens is 509 g/mol. The number of nitrogens with one attached hydrogen (secondary N) is 1. The molecule has 0 aliphatic carbocycles. The summed E-state index contributed by atoms with van der Waals surface area (Å²) in [6.45, 7) is 0. The first kappa shape index (κ1) is 22.0. The fourth-order valence-corrected chi connectivity index (χ4v) is 3.76. The number of nitrogens with zero attached hydrogens (tertiary/aromatic N) is 1. The summed E-state index contributed by atoms with van der Waals surface area (Å²) < 4.78 is 45.8. The summed E-state index contributed by atoms with van der Waals surface area (Å²) in [6, 6.07) is 14.7. The Morgan fingerprint density at radius 1 is 1.03 bits per heavy atom. The van der Waals surface area contributed by atoms with Gasteiger partial charge in [-0.3, -0.25) is 19.8 Å². The monoisotopic (exact) mass is 520 g/mol. The molecule has 1 aliphatic rings. The third-order valence-corrected chi connectivity index (χ3v) is 5.33. The van der Waals surface area contributed by atoms with Crippen LogP contribution in [0, 0.1) is 0 Å². The third-order valence-electron chi connectivity index (χ3n) is 4.56. The first-order valence-electron chi connectivity index (χ1n) is 9.08. The number of rotatable bonds is 3. The maximum Gasteiger partial charge on any atom is 0.416 e.